The summed E-state index contributed by atoms with van der Waals surface area (Å²) in [5.74, 6) is 0.797. The zero-order valence-electron chi connectivity index (χ0n) is 6.96. The molecule has 0 saturated carbocycles. The Morgan fingerprint density at radius 1 is 1.25 bits per heavy atom. The molecule has 0 radical (unpaired) electrons. The van der Waals surface area contributed by atoms with Crippen LogP contribution in [0.1, 0.15) is 11.5 Å². The van der Waals surface area contributed by atoms with Crippen LogP contribution in [-0.2, 0) is 0 Å². The molecule has 0 spiro atoms. The van der Waals surface area contributed by atoms with Crippen LogP contribution < -0.4 is 0 Å². The molecule has 0 fully saturated rings. The Bertz CT molecular complexity index is 350. The Morgan fingerprint density at radius 2 is 2.08 bits per heavy atom. The molecule has 4 heteroatoms. The highest BCUT2D eigenvalue weighted by Gasteiger charge is 2.05. The van der Waals surface area contributed by atoms with Crippen molar-refractivity contribution in [3.63, 3.8) is 0 Å². The molecule has 2 heterocycles. The monoisotopic (exact) mass is 163 g/mol. The maximum atomic E-state index is 4.92. The minimum atomic E-state index is 0.775. The van der Waals surface area contributed by atoms with Gasteiger partial charge >= 0.3 is 0 Å². The number of hydrogen-bond donors (Lipinski definition) is 1. The smallest absolute Gasteiger partial charge is 0.134 e. The van der Waals surface area contributed by atoms with Crippen molar-refractivity contribution in [1.29, 1.82) is 0 Å². The zero-order valence-corrected chi connectivity index (χ0v) is 6.96. The molecule has 0 aromatic carbocycles. The Morgan fingerprint density at radius 3 is 2.58 bits per heavy atom. The Kier molecular flexibility index (Phi) is 1.46. The van der Waals surface area contributed by atoms with Gasteiger partial charge in [0.2, 0.25) is 0 Å². The molecule has 0 unspecified atom stereocenters. The lowest BCUT2D eigenvalue weighted by atomic mass is 10.3. The molecule has 1 N–H and O–H groups in total. The van der Waals surface area contributed by atoms with Gasteiger partial charge in [-0.15, -0.1) is 0 Å². The molecular formula is C8H9N3O. The van der Waals surface area contributed by atoms with Crippen LogP contribution in [-0.4, -0.2) is 15.4 Å². The second-order valence-electron chi connectivity index (χ2n) is 2.76. The van der Waals surface area contributed by atoms with Gasteiger partial charge in [-0.3, -0.25) is 5.10 Å². The first kappa shape index (κ1) is 7.09. The summed E-state index contributed by atoms with van der Waals surface area (Å²) in [6, 6.07) is 3.78. The SMILES string of the molecule is Cc1cc(-c2cc(C)on2)n[nH]1. The van der Waals surface area contributed by atoms with Crippen LogP contribution in [0.3, 0.4) is 0 Å². The summed E-state index contributed by atoms with van der Waals surface area (Å²) in [7, 11) is 0. The van der Waals surface area contributed by atoms with E-state index in [9.17, 15) is 0 Å². The normalized spacial score (nSPS) is 10.5. The molecule has 4 nitrogen and oxygen atoms in total. The van der Waals surface area contributed by atoms with E-state index in [1.54, 1.807) is 0 Å². The maximum absolute atomic E-state index is 4.92. The minimum Gasteiger partial charge on any atom is -0.361 e. The van der Waals surface area contributed by atoms with Crippen molar-refractivity contribution in [2.45, 2.75) is 13.8 Å². The highest BCUT2D eigenvalue weighted by atomic mass is 16.5. The Labute approximate surface area is 69.6 Å². The van der Waals surface area contributed by atoms with Gasteiger partial charge in [-0.2, -0.15) is 5.10 Å². The molecule has 0 amide bonds. The van der Waals surface area contributed by atoms with Crippen LogP contribution in [0.4, 0.5) is 0 Å². The number of nitrogens with one attached hydrogen (secondary N) is 1. The molecule has 0 aliphatic rings. The van der Waals surface area contributed by atoms with Gasteiger partial charge in [0.15, 0.2) is 0 Å². The Hall–Kier alpha value is -1.58. The minimum absolute atomic E-state index is 0.775. The van der Waals surface area contributed by atoms with Crippen LogP contribution in [0.5, 0.6) is 0 Å². The number of aromatic nitrogens is 3. The van der Waals surface area contributed by atoms with E-state index in [1.165, 1.54) is 0 Å². The lowest BCUT2D eigenvalue weighted by Gasteiger charge is -1.80. The van der Waals surface area contributed by atoms with Crippen molar-refractivity contribution < 1.29 is 4.52 Å². The molecule has 0 aliphatic carbocycles. The summed E-state index contributed by atoms with van der Waals surface area (Å²) in [5, 5.41) is 10.7. The fraction of sp³-hybridized carbons (Fsp3) is 0.250. The van der Waals surface area contributed by atoms with Crippen LogP contribution in [0.2, 0.25) is 0 Å². The number of hydrogen-bond acceptors (Lipinski definition) is 3. The lowest BCUT2D eigenvalue weighted by Crippen LogP contribution is -1.75. The van der Waals surface area contributed by atoms with Crippen molar-refractivity contribution >= 4 is 0 Å². The van der Waals surface area contributed by atoms with Gasteiger partial charge in [-0.1, -0.05) is 5.16 Å². The molecule has 0 atom stereocenters. The largest absolute Gasteiger partial charge is 0.361 e. The van der Waals surface area contributed by atoms with Crippen LogP contribution in [0, 0.1) is 13.8 Å². The van der Waals surface area contributed by atoms with Crippen molar-refractivity contribution in [2.24, 2.45) is 0 Å². The highest BCUT2D eigenvalue weighted by Crippen LogP contribution is 2.16. The highest BCUT2D eigenvalue weighted by molar-refractivity contribution is 5.53. The number of H-pyrrole nitrogens is 1. The second-order valence-corrected chi connectivity index (χ2v) is 2.76. The third-order valence-electron chi connectivity index (χ3n) is 1.60. The third-order valence-corrected chi connectivity index (χ3v) is 1.60. The molecular weight excluding hydrogens is 154 g/mol. The van der Waals surface area contributed by atoms with E-state index in [2.05, 4.69) is 15.4 Å². The fourth-order valence-electron chi connectivity index (χ4n) is 1.04. The third kappa shape index (κ3) is 1.11. The molecule has 12 heavy (non-hydrogen) atoms. The van der Waals surface area contributed by atoms with E-state index >= 15 is 0 Å². The van der Waals surface area contributed by atoms with Gasteiger partial charge in [0.1, 0.15) is 17.1 Å². The van der Waals surface area contributed by atoms with Crippen molar-refractivity contribution in [3.05, 3.63) is 23.6 Å². The zero-order chi connectivity index (χ0) is 8.55. The summed E-state index contributed by atoms with van der Waals surface area (Å²) >= 11 is 0. The molecule has 2 aromatic heterocycles. The van der Waals surface area contributed by atoms with Crippen LogP contribution in [0.15, 0.2) is 16.7 Å². The standard InChI is InChI=1S/C8H9N3O/c1-5-3-7(10-9-5)8-4-6(2)12-11-8/h3-4H,1-2H3,(H,9,10). The molecule has 0 bridgehead atoms. The molecule has 62 valence electrons. The number of aromatic amines is 1. The first-order valence-corrected chi connectivity index (χ1v) is 3.71. The predicted octanol–water partition coefficient (Wildman–Crippen LogP) is 1.68. The van der Waals surface area contributed by atoms with Crippen LogP contribution >= 0.6 is 0 Å². The summed E-state index contributed by atoms with van der Waals surface area (Å²) in [5.41, 5.74) is 2.62. The van der Waals surface area contributed by atoms with Gasteiger partial charge in [0.25, 0.3) is 0 Å². The van der Waals surface area contributed by atoms with E-state index in [0.29, 0.717) is 0 Å². The molecule has 0 saturated heterocycles. The fourth-order valence-corrected chi connectivity index (χ4v) is 1.04. The van der Waals surface area contributed by atoms with Crippen molar-refractivity contribution in [1.82, 2.24) is 15.4 Å². The number of nitrogens with zero attached hydrogens (tertiary/aromatic N) is 2. The summed E-state index contributed by atoms with van der Waals surface area (Å²) in [4.78, 5) is 0. The summed E-state index contributed by atoms with van der Waals surface area (Å²) in [6.07, 6.45) is 0. The summed E-state index contributed by atoms with van der Waals surface area (Å²) < 4.78 is 4.92. The first-order valence-electron chi connectivity index (χ1n) is 3.71. The van der Waals surface area contributed by atoms with Gasteiger partial charge in [-0.05, 0) is 19.9 Å². The van der Waals surface area contributed by atoms with Gasteiger partial charge in [-0.25, -0.2) is 0 Å². The molecule has 2 rings (SSSR count). The van der Waals surface area contributed by atoms with E-state index in [-0.39, 0.29) is 0 Å². The van der Waals surface area contributed by atoms with Gasteiger partial charge in [0, 0.05) is 11.8 Å². The average molecular weight is 163 g/mol. The maximum Gasteiger partial charge on any atom is 0.134 e. The topological polar surface area (TPSA) is 54.7 Å². The number of aryl methyl sites for hydroxylation is 2. The average Bonchev–Trinajstić information content (AvgIpc) is 2.58. The van der Waals surface area contributed by atoms with Crippen molar-refractivity contribution in [2.75, 3.05) is 0 Å². The van der Waals surface area contributed by atoms with E-state index < -0.39 is 0 Å². The molecule has 0 aliphatic heterocycles. The number of rotatable bonds is 1. The van der Waals surface area contributed by atoms with Gasteiger partial charge < -0.3 is 4.52 Å². The second kappa shape index (κ2) is 2.48. The quantitative estimate of drug-likeness (QED) is 0.695. The van der Waals surface area contributed by atoms with E-state index in [0.717, 1.165) is 22.8 Å². The van der Waals surface area contributed by atoms with Crippen LogP contribution in [0.25, 0.3) is 11.4 Å². The Balaban J connectivity index is 2.43. The van der Waals surface area contributed by atoms with E-state index in [1.807, 2.05) is 26.0 Å². The summed E-state index contributed by atoms with van der Waals surface area (Å²) in [6.45, 7) is 3.81. The molecule has 2 aromatic rings. The van der Waals surface area contributed by atoms with Crippen molar-refractivity contribution in [3.8, 4) is 11.4 Å². The lowest BCUT2D eigenvalue weighted by molar-refractivity contribution is 0.399. The van der Waals surface area contributed by atoms with E-state index in [4.69, 9.17) is 4.52 Å². The van der Waals surface area contributed by atoms with Gasteiger partial charge in [0.05, 0.1) is 0 Å². The predicted molar refractivity (Wildman–Crippen MR) is 43.6 cm³/mol. The first-order chi connectivity index (χ1) is 5.75.